The third-order valence-corrected chi connectivity index (χ3v) is 6.60. The van der Waals surface area contributed by atoms with Crippen LogP contribution in [-0.2, 0) is 10.0 Å². The van der Waals surface area contributed by atoms with Crippen LogP contribution in [0, 0.1) is 6.92 Å². The molecule has 0 aliphatic carbocycles. The predicted octanol–water partition coefficient (Wildman–Crippen LogP) is 4.22. The van der Waals surface area contributed by atoms with Gasteiger partial charge in [-0.1, -0.05) is 11.6 Å². The first-order valence-electron chi connectivity index (χ1n) is 8.88. The fourth-order valence-electron chi connectivity index (χ4n) is 2.97. The second kappa shape index (κ2) is 8.48. The Labute approximate surface area is 175 Å². The number of nitrogens with one attached hydrogen (secondary N) is 1. The Bertz CT molecular complexity index is 1050. The molecule has 0 radical (unpaired) electrons. The minimum Gasteiger partial charge on any atom is -0.482 e. The highest BCUT2D eigenvalue weighted by Gasteiger charge is 2.32. The molecule has 1 aliphatic heterocycles. The summed E-state index contributed by atoms with van der Waals surface area (Å²) in [5.74, 6) is -1.39. The average Bonchev–Trinajstić information content (AvgIpc) is 3.30. The monoisotopic (exact) mass is 466 g/mol. The molecule has 12 heteroatoms. The summed E-state index contributed by atoms with van der Waals surface area (Å²) in [7, 11) is -3.81. The fraction of sp³-hybridized carbons (Fsp3) is 0.389. The summed E-state index contributed by atoms with van der Waals surface area (Å²) in [5, 5.41) is 2.50. The molecule has 1 aliphatic rings. The Morgan fingerprint density at radius 1 is 1.27 bits per heavy atom. The molecule has 30 heavy (non-hydrogen) atoms. The standard InChI is InChI=1S/C18H18ClF3N2O5S/c1-11-16(30(26,27)24-6-2-3-7-24)9-15(29-11)17(25)23-13-8-12(19)4-5-14(13)28-10-18(20,21)22/h4-5,8-9H,2-3,6-7,10H2,1H3,(H,23,25). The maximum absolute atomic E-state index is 12.7. The molecule has 1 aromatic heterocycles. The predicted molar refractivity (Wildman–Crippen MR) is 102 cm³/mol. The van der Waals surface area contributed by atoms with Crippen LogP contribution in [0.2, 0.25) is 5.02 Å². The van der Waals surface area contributed by atoms with Crippen molar-refractivity contribution >= 4 is 33.2 Å². The molecule has 1 fully saturated rings. The lowest BCUT2D eigenvalue weighted by atomic mass is 10.2. The van der Waals surface area contributed by atoms with Crippen LogP contribution >= 0.6 is 11.6 Å². The Kier molecular flexibility index (Phi) is 6.34. The molecule has 2 aromatic rings. The summed E-state index contributed by atoms with van der Waals surface area (Å²) in [6.45, 7) is 0.625. The van der Waals surface area contributed by atoms with Crippen LogP contribution in [0.3, 0.4) is 0 Å². The largest absolute Gasteiger partial charge is 0.482 e. The number of aryl methyl sites for hydroxylation is 1. The van der Waals surface area contributed by atoms with Crippen LogP contribution in [0.5, 0.6) is 5.75 Å². The Hall–Kier alpha value is -2.24. The molecule has 1 aromatic carbocycles. The zero-order valence-electron chi connectivity index (χ0n) is 15.8. The number of ether oxygens (including phenoxy) is 1. The van der Waals surface area contributed by atoms with Crippen LogP contribution in [0.15, 0.2) is 33.6 Å². The lowest BCUT2D eigenvalue weighted by Gasteiger charge is -2.14. The van der Waals surface area contributed by atoms with Gasteiger partial charge in [0.15, 0.2) is 12.4 Å². The maximum atomic E-state index is 12.7. The zero-order chi connectivity index (χ0) is 22.1. The molecule has 3 rings (SSSR count). The van der Waals surface area contributed by atoms with Gasteiger partial charge in [-0.2, -0.15) is 17.5 Å². The molecule has 164 valence electrons. The van der Waals surface area contributed by atoms with Gasteiger partial charge in [0.1, 0.15) is 16.4 Å². The minimum absolute atomic E-state index is 0.0340. The highest BCUT2D eigenvalue weighted by molar-refractivity contribution is 7.89. The second-order valence-corrected chi connectivity index (χ2v) is 8.98. The molecule has 0 unspecified atom stereocenters. The number of benzene rings is 1. The van der Waals surface area contributed by atoms with Crippen LogP contribution < -0.4 is 10.1 Å². The van der Waals surface area contributed by atoms with Crippen LogP contribution in [0.1, 0.15) is 29.2 Å². The number of carbonyl (C=O) groups excluding carboxylic acids is 1. The van der Waals surface area contributed by atoms with Crippen molar-refractivity contribution in [2.24, 2.45) is 0 Å². The van der Waals surface area contributed by atoms with Gasteiger partial charge in [-0.05, 0) is 38.0 Å². The van der Waals surface area contributed by atoms with Gasteiger partial charge in [-0.25, -0.2) is 8.42 Å². The Morgan fingerprint density at radius 3 is 2.57 bits per heavy atom. The Balaban J connectivity index is 1.83. The first kappa shape index (κ1) is 22.4. The SMILES string of the molecule is Cc1oc(C(=O)Nc2cc(Cl)ccc2OCC(F)(F)F)cc1S(=O)(=O)N1CCCC1. The molecule has 0 saturated carbocycles. The van der Waals surface area contributed by atoms with E-state index >= 15 is 0 Å². The van der Waals surface area contributed by atoms with E-state index in [1.165, 1.54) is 29.4 Å². The number of rotatable bonds is 6. The van der Waals surface area contributed by atoms with Crippen molar-refractivity contribution in [2.75, 3.05) is 25.0 Å². The number of carbonyl (C=O) groups is 1. The summed E-state index contributed by atoms with van der Waals surface area (Å²) in [4.78, 5) is 12.4. The summed E-state index contributed by atoms with van der Waals surface area (Å²) in [5.41, 5.74) is -0.116. The van der Waals surface area contributed by atoms with Crippen molar-refractivity contribution in [1.82, 2.24) is 4.31 Å². The third-order valence-electron chi connectivity index (χ3n) is 4.36. The van der Waals surface area contributed by atoms with Gasteiger partial charge in [0.2, 0.25) is 10.0 Å². The number of nitrogens with zero attached hydrogens (tertiary/aromatic N) is 1. The third kappa shape index (κ3) is 5.08. The van der Waals surface area contributed by atoms with Gasteiger partial charge in [-0.15, -0.1) is 0 Å². The number of hydrogen-bond acceptors (Lipinski definition) is 5. The topological polar surface area (TPSA) is 88.8 Å². The van der Waals surface area contributed by atoms with Gasteiger partial charge in [0.25, 0.3) is 5.91 Å². The number of anilines is 1. The van der Waals surface area contributed by atoms with E-state index in [0.717, 1.165) is 18.9 Å². The van der Waals surface area contributed by atoms with E-state index < -0.39 is 28.7 Å². The summed E-state index contributed by atoms with van der Waals surface area (Å²) < 4.78 is 74.1. The minimum atomic E-state index is -4.57. The first-order chi connectivity index (χ1) is 14.0. The van der Waals surface area contributed by atoms with Gasteiger partial charge < -0.3 is 14.5 Å². The molecule has 0 spiro atoms. The summed E-state index contributed by atoms with van der Waals surface area (Å²) in [6, 6.07) is 4.79. The van der Waals surface area contributed by atoms with Gasteiger partial charge in [0.05, 0.1) is 5.69 Å². The van der Waals surface area contributed by atoms with Crippen LogP contribution in [-0.4, -0.2) is 44.5 Å². The number of alkyl halides is 3. The molecule has 1 saturated heterocycles. The highest BCUT2D eigenvalue weighted by Crippen LogP contribution is 2.31. The average molecular weight is 467 g/mol. The molecule has 1 N–H and O–H groups in total. The van der Waals surface area contributed by atoms with Gasteiger partial charge >= 0.3 is 6.18 Å². The van der Waals surface area contributed by atoms with Gasteiger partial charge in [0, 0.05) is 24.2 Å². The fourth-order valence-corrected chi connectivity index (χ4v) is 4.82. The van der Waals surface area contributed by atoms with Gasteiger partial charge in [-0.3, -0.25) is 4.79 Å². The number of hydrogen-bond donors (Lipinski definition) is 1. The molecule has 0 atom stereocenters. The smallest absolute Gasteiger partial charge is 0.422 e. The lowest BCUT2D eigenvalue weighted by molar-refractivity contribution is -0.153. The highest BCUT2D eigenvalue weighted by atomic mass is 35.5. The molecule has 0 bridgehead atoms. The van der Waals surface area contributed by atoms with E-state index in [2.05, 4.69) is 5.32 Å². The molecule has 1 amide bonds. The second-order valence-electron chi connectivity index (χ2n) is 6.64. The van der Waals surface area contributed by atoms with E-state index in [4.69, 9.17) is 20.8 Å². The van der Waals surface area contributed by atoms with Crippen LogP contribution in [0.25, 0.3) is 0 Å². The van der Waals surface area contributed by atoms with Crippen molar-refractivity contribution in [3.8, 4) is 5.75 Å². The number of amides is 1. The van der Waals surface area contributed by atoms with Crippen molar-refractivity contribution in [2.45, 2.75) is 30.8 Å². The maximum Gasteiger partial charge on any atom is 0.422 e. The molecular formula is C18H18ClF3N2O5S. The summed E-state index contributed by atoms with van der Waals surface area (Å²) >= 11 is 5.86. The van der Waals surface area contributed by atoms with Crippen LogP contribution in [0.4, 0.5) is 18.9 Å². The van der Waals surface area contributed by atoms with Crippen molar-refractivity contribution in [3.05, 3.63) is 40.8 Å². The molecule has 7 nitrogen and oxygen atoms in total. The first-order valence-corrected chi connectivity index (χ1v) is 10.7. The lowest BCUT2D eigenvalue weighted by Crippen LogP contribution is -2.28. The number of halogens is 4. The van der Waals surface area contributed by atoms with Crippen molar-refractivity contribution in [1.29, 1.82) is 0 Å². The summed E-state index contributed by atoms with van der Waals surface area (Å²) in [6.07, 6.45) is -3.07. The van der Waals surface area contributed by atoms with Crippen molar-refractivity contribution in [3.63, 3.8) is 0 Å². The van der Waals surface area contributed by atoms with E-state index in [1.807, 2.05) is 0 Å². The Morgan fingerprint density at radius 2 is 1.93 bits per heavy atom. The number of furan rings is 1. The van der Waals surface area contributed by atoms with E-state index in [-0.39, 0.29) is 32.9 Å². The zero-order valence-corrected chi connectivity index (χ0v) is 17.3. The normalized spacial score (nSPS) is 15.4. The van der Waals surface area contributed by atoms with Crippen molar-refractivity contribution < 1.29 is 35.5 Å². The van der Waals surface area contributed by atoms with E-state index in [1.54, 1.807) is 0 Å². The van der Waals surface area contributed by atoms with E-state index in [0.29, 0.717) is 13.1 Å². The van der Waals surface area contributed by atoms with E-state index in [9.17, 15) is 26.4 Å². The molecular weight excluding hydrogens is 449 g/mol. The quantitative estimate of drug-likeness (QED) is 0.688. The molecule has 2 heterocycles. The number of sulfonamides is 1.